The molecule has 1 amide bonds. The Morgan fingerprint density at radius 3 is 2.74 bits per heavy atom. The molecule has 0 aliphatic heterocycles. The first-order chi connectivity index (χ1) is 9.06. The summed E-state index contributed by atoms with van der Waals surface area (Å²) in [5, 5.41) is 12.8. The summed E-state index contributed by atoms with van der Waals surface area (Å²) in [6, 6.07) is 5.11. The number of hydrogen-bond donors (Lipinski definition) is 2. The van der Waals surface area contributed by atoms with E-state index >= 15 is 0 Å². The molecule has 1 rings (SSSR count). The summed E-state index contributed by atoms with van der Waals surface area (Å²) >= 11 is 11.8. The smallest absolute Gasteiger partial charge is 0.224 e. The average Bonchev–Trinajstić information content (AvgIpc) is 2.38. The lowest BCUT2D eigenvalue weighted by atomic mass is 10.0. The van der Waals surface area contributed by atoms with Gasteiger partial charge in [-0.05, 0) is 30.0 Å². The van der Waals surface area contributed by atoms with Crippen molar-refractivity contribution in [3.63, 3.8) is 0 Å². The van der Waals surface area contributed by atoms with Gasteiger partial charge in [-0.3, -0.25) is 4.79 Å². The van der Waals surface area contributed by atoms with Crippen molar-refractivity contribution in [3.8, 4) is 0 Å². The van der Waals surface area contributed by atoms with E-state index in [1.807, 2.05) is 6.92 Å². The monoisotopic (exact) mass is 303 g/mol. The summed E-state index contributed by atoms with van der Waals surface area (Å²) in [6.07, 6.45) is 1.88. The third-order valence-corrected chi connectivity index (χ3v) is 3.66. The zero-order valence-electron chi connectivity index (χ0n) is 11.0. The fourth-order valence-electron chi connectivity index (χ4n) is 1.79. The van der Waals surface area contributed by atoms with E-state index in [4.69, 9.17) is 28.3 Å². The number of rotatable bonds is 7. The largest absolute Gasteiger partial charge is 0.396 e. The van der Waals surface area contributed by atoms with Gasteiger partial charge in [0.15, 0.2) is 0 Å². The Balaban J connectivity index is 2.46. The molecule has 2 N–H and O–H groups in total. The van der Waals surface area contributed by atoms with Gasteiger partial charge in [-0.15, -0.1) is 0 Å². The van der Waals surface area contributed by atoms with E-state index in [9.17, 15) is 4.79 Å². The van der Waals surface area contributed by atoms with Crippen molar-refractivity contribution in [1.29, 1.82) is 0 Å². The Morgan fingerprint density at radius 1 is 1.42 bits per heavy atom. The molecule has 0 aliphatic rings. The molecule has 0 aliphatic carbocycles. The molecule has 5 heteroatoms. The number of amides is 1. The quantitative estimate of drug-likeness (QED) is 0.813. The van der Waals surface area contributed by atoms with Crippen LogP contribution in [0.1, 0.15) is 25.3 Å². The van der Waals surface area contributed by atoms with Gasteiger partial charge in [-0.25, -0.2) is 0 Å². The van der Waals surface area contributed by atoms with Crippen LogP contribution in [-0.4, -0.2) is 24.2 Å². The third-order valence-electron chi connectivity index (χ3n) is 3.07. The normalized spacial score (nSPS) is 12.2. The van der Waals surface area contributed by atoms with Crippen LogP contribution in [0.5, 0.6) is 0 Å². The molecule has 19 heavy (non-hydrogen) atoms. The minimum absolute atomic E-state index is 0.0689. The first kappa shape index (κ1) is 16.3. The number of carbonyl (C=O) groups is 1. The number of aliphatic hydroxyl groups excluding tert-OH is 1. The number of halogens is 2. The van der Waals surface area contributed by atoms with Crippen LogP contribution in [0.3, 0.4) is 0 Å². The number of nitrogens with one attached hydrogen (secondary N) is 1. The highest BCUT2D eigenvalue weighted by Gasteiger charge is 2.10. The van der Waals surface area contributed by atoms with Gasteiger partial charge in [0, 0.05) is 23.2 Å². The molecule has 1 atom stereocenters. The molecule has 0 radical (unpaired) electrons. The number of hydrogen-bond acceptors (Lipinski definition) is 2. The van der Waals surface area contributed by atoms with Gasteiger partial charge in [0.1, 0.15) is 0 Å². The molecule has 106 valence electrons. The van der Waals surface area contributed by atoms with Crippen molar-refractivity contribution < 1.29 is 9.90 Å². The van der Waals surface area contributed by atoms with E-state index in [-0.39, 0.29) is 18.9 Å². The van der Waals surface area contributed by atoms with Gasteiger partial charge in [0.25, 0.3) is 0 Å². The SMILES string of the molecule is CCC(CCO)CNC(=O)Cc1ccc(Cl)cc1Cl. The van der Waals surface area contributed by atoms with Crippen LogP contribution in [0.25, 0.3) is 0 Å². The fraction of sp³-hybridized carbons (Fsp3) is 0.500. The van der Waals surface area contributed by atoms with E-state index in [1.54, 1.807) is 18.2 Å². The second kappa shape index (κ2) is 8.41. The summed E-state index contributed by atoms with van der Waals surface area (Å²) in [5.74, 6) is 0.246. The lowest BCUT2D eigenvalue weighted by molar-refractivity contribution is -0.120. The Labute approximate surface area is 123 Å². The zero-order valence-corrected chi connectivity index (χ0v) is 12.5. The minimum atomic E-state index is -0.0689. The molecular formula is C14H19Cl2NO2. The highest BCUT2D eigenvalue weighted by Crippen LogP contribution is 2.21. The van der Waals surface area contributed by atoms with Crippen molar-refractivity contribution in [2.75, 3.05) is 13.2 Å². The van der Waals surface area contributed by atoms with Crippen molar-refractivity contribution in [2.45, 2.75) is 26.2 Å². The molecule has 0 bridgehead atoms. The molecule has 0 aromatic heterocycles. The third kappa shape index (κ3) is 5.81. The fourth-order valence-corrected chi connectivity index (χ4v) is 2.27. The zero-order chi connectivity index (χ0) is 14.3. The predicted molar refractivity (Wildman–Crippen MR) is 78.7 cm³/mol. The van der Waals surface area contributed by atoms with Gasteiger partial charge >= 0.3 is 0 Å². The molecule has 0 saturated carbocycles. The summed E-state index contributed by atoms with van der Waals surface area (Å²) in [4.78, 5) is 11.8. The highest BCUT2D eigenvalue weighted by atomic mass is 35.5. The Kier molecular flexibility index (Phi) is 7.21. The highest BCUT2D eigenvalue weighted by molar-refractivity contribution is 6.35. The second-order valence-corrected chi connectivity index (χ2v) is 5.35. The molecule has 0 fully saturated rings. The van der Waals surface area contributed by atoms with Gasteiger partial charge in [0.05, 0.1) is 6.42 Å². The maximum Gasteiger partial charge on any atom is 0.224 e. The molecule has 1 aromatic carbocycles. The Bertz CT molecular complexity index is 424. The second-order valence-electron chi connectivity index (χ2n) is 4.50. The molecular weight excluding hydrogens is 285 g/mol. The molecule has 1 unspecified atom stereocenters. The minimum Gasteiger partial charge on any atom is -0.396 e. The van der Waals surface area contributed by atoms with Crippen molar-refractivity contribution in [3.05, 3.63) is 33.8 Å². The summed E-state index contributed by atoms with van der Waals surface area (Å²) in [5.41, 5.74) is 0.763. The molecule has 0 spiro atoms. The van der Waals surface area contributed by atoms with E-state index in [1.165, 1.54) is 0 Å². The van der Waals surface area contributed by atoms with Gasteiger partial charge in [0.2, 0.25) is 5.91 Å². The number of benzene rings is 1. The van der Waals surface area contributed by atoms with E-state index in [0.29, 0.717) is 28.9 Å². The Hall–Kier alpha value is -0.770. The van der Waals surface area contributed by atoms with Gasteiger partial charge in [-0.1, -0.05) is 42.6 Å². The molecule has 3 nitrogen and oxygen atoms in total. The first-order valence-corrected chi connectivity index (χ1v) is 7.13. The summed E-state index contributed by atoms with van der Waals surface area (Å²) in [7, 11) is 0. The van der Waals surface area contributed by atoms with Crippen LogP contribution in [0.15, 0.2) is 18.2 Å². The van der Waals surface area contributed by atoms with E-state index in [0.717, 1.165) is 12.0 Å². The molecule has 0 saturated heterocycles. The molecule has 0 heterocycles. The topological polar surface area (TPSA) is 49.3 Å². The number of carbonyl (C=O) groups excluding carboxylic acids is 1. The predicted octanol–water partition coefficient (Wildman–Crippen LogP) is 3.06. The molecule has 1 aromatic rings. The lowest BCUT2D eigenvalue weighted by Crippen LogP contribution is -2.30. The van der Waals surface area contributed by atoms with Crippen LogP contribution in [0.2, 0.25) is 10.0 Å². The maximum atomic E-state index is 11.8. The van der Waals surface area contributed by atoms with Crippen LogP contribution in [-0.2, 0) is 11.2 Å². The van der Waals surface area contributed by atoms with Gasteiger partial charge < -0.3 is 10.4 Å². The Morgan fingerprint density at radius 2 is 2.16 bits per heavy atom. The lowest BCUT2D eigenvalue weighted by Gasteiger charge is -2.14. The van der Waals surface area contributed by atoms with Crippen LogP contribution in [0.4, 0.5) is 0 Å². The van der Waals surface area contributed by atoms with Crippen molar-refractivity contribution >= 4 is 29.1 Å². The van der Waals surface area contributed by atoms with E-state index < -0.39 is 0 Å². The van der Waals surface area contributed by atoms with Gasteiger partial charge in [-0.2, -0.15) is 0 Å². The van der Waals surface area contributed by atoms with Crippen LogP contribution < -0.4 is 5.32 Å². The number of aliphatic hydroxyl groups is 1. The standard InChI is InChI=1S/C14H19Cl2NO2/c1-2-10(5-6-18)9-17-14(19)7-11-3-4-12(15)8-13(11)16/h3-4,8,10,18H,2,5-7,9H2,1H3,(H,17,19). The van der Waals surface area contributed by atoms with E-state index in [2.05, 4.69) is 5.32 Å². The van der Waals surface area contributed by atoms with Crippen molar-refractivity contribution in [2.24, 2.45) is 5.92 Å². The maximum absolute atomic E-state index is 11.8. The average molecular weight is 304 g/mol. The first-order valence-electron chi connectivity index (χ1n) is 6.38. The summed E-state index contributed by atoms with van der Waals surface area (Å²) < 4.78 is 0. The van der Waals surface area contributed by atoms with Crippen molar-refractivity contribution in [1.82, 2.24) is 5.32 Å². The summed E-state index contributed by atoms with van der Waals surface area (Å²) in [6.45, 7) is 2.78. The van der Waals surface area contributed by atoms with Crippen LogP contribution in [0, 0.1) is 5.92 Å². The van der Waals surface area contributed by atoms with Crippen LogP contribution >= 0.6 is 23.2 Å².